The van der Waals surface area contributed by atoms with Crippen LogP contribution in [0.15, 0.2) is 29.6 Å². The van der Waals surface area contributed by atoms with Gasteiger partial charge in [0.25, 0.3) is 5.91 Å². The van der Waals surface area contributed by atoms with Crippen LogP contribution in [0.2, 0.25) is 0 Å². The van der Waals surface area contributed by atoms with Gasteiger partial charge in [0.15, 0.2) is 5.69 Å². The van der Waals surface area contributed by atoms with Gasteiger partial charge < -0.3 is 4.90 Å². The van der Waals surface area contributed by atoms with Crippen molar-refractivity contribution in [3.8, 4) is 0 Å². The van der Waals surface area contributed by atoms with Crippen LogP contribution in [0.3, 0.4) is 0 Å². The number of nitrogens with zero attached hydrogens (tertiary/aromatic N) is 3. The average Bonchev–Trinajstić information content (AvgIpc) is 2.85. The molecule has 2 unspecified atom stereocenters. The molecule has 2 aromatic rings. The lowest BCUT2D eigenvalue weighted by atomic mass is 9.92. The lowest BCUT2D eigenvalue weighted by Crippen LogP contribution is -2.42. The first-order chi connectivity index (χ1) is 10.8. The first-order valence-corrected chi connectivity index (χ1v) is 9.63. The summed E-state index contributed by atoms with van der Waals surface area (Å²) in [6, 6.07) is 5.23. The van der Waals surface area contributed by atoms with E-state index in [-0.39, 0.29) is 16.8 Å². The Hall–Kier alpha value is -1.89. The van der Waals surface area contributed by atoms with Crippen molar-refractivity contribution in [3.05, 3.63) is 30.1 Å². The smallest absolute Gasteiger partial charge is 0.274 e. The highest BCUT2D eigenvalue weighted by Crippen LogP contribution is 2.24. The summed E-state index contributed by atoms with van der Waals surface area (Å²) in [6.45, 7) is 5.62. The molecule has 0 N–H and O–H groups in total. The number of fused-ring (bicyclic) bond motifs is 1. The van der Waals surface area contributed by atoms with E-state index < -0.39 is 9.84 Å². The Morgan fingerprint density at radius 1 is 1.22 bits per heavy atom. The summed E-state index contributed by atoms with van der Waals surface area (Å²) in [5, 5.41) is -0.0884. The molecule has 0 bridgehead atoms. The molecular formula is C16H21N3O3S. The zero-order valence-electron chi connectivity index (χ0n) is 13.6. The first-order valence-electron chi connectivity index (χ1n) is 7.73. The number of hydrogen-bond acceptors (Lipinski definition) is 4. The fourth-order valence-electron chi connectivity index (χ4n) is 3.41. The van der Waals surface area contributed by atoms with E-state index in [0.29, 0.717) is 30.4 Å². The number of aromatic nitrogens is 2. The highest BCUT2D eigenvalue weighted by Gasteiger charge is 2.30. The second-order valence-corrected chi connectivity index (χ2v) is 8.54. The quantitative estimate of drug-likeness (QED) is 0.840. The lowest BCUT2D eigenvalue weighted by Gasteiger charge is -2.34. The minimum Gasteiger partial charge on any atom is -0.337 e. The second-order valence-electron chi connectivity index (χ2n) is 6.63. The topological polar surface area (TPSA) is 71.8 Å². The Kier molecular flexibility index (Phi) is 3.91. The second kappa shape index (κ2) is 5.63. The van der Waals surface area contributed by atoms with Gasteiger partial charge in [0, 0.05) is 25.5 Å². The normalized spacial score (nSPS) is 22.5. The van der Waals surface area contributed by atoms with Crippen molar-refractivity contribution in [2.75, 3.05) is 19.3 Å². The van der Waals surface area contributed by atoms with Crippen LogP contribution in [0.25, 0.3) is 5.52 Å². The Morgan fingerprint density at radius 3 is 2.48 bits per heavy atom. The number of hydrogen-bond donors (Lipinski definition) is 0. The summed E-state index contributed by atoms with van der Waals surface area (Å²) in [5.41, 5.74) is 0.746. The fraction of sp³-hybridized carbons (Fsp3) is 0.500. The summed E-state index contributed by atoms with van der Waals surface area (Å²) in [4.78, 5) is 18.9. The van der Waals surface area contributed by atoms with Crippen LogP contribution in [0.1, 0.15) is 30.8 Å². The summed E-state index contributed by atoms with van der Waals surface area (Å²) in [7, 11) is -3.51. The van der Waals surface area contributed by atoms with E-state index in [9.17, 15) is 13.2 Å². The Balaban J connectivity index is 2.08. The van der Waals surface area contributed by atoms with E-state index in [1.807, 2.05) is 0 Å². The molecule has 1 aliphatic rings. The van der Waals surface area contributed by atoms with Gasteiger partial charge in [0.2, 0.25) is 15.0 Å². The Labute approximate surface area is 136 Å². The van der Waals surface area contributed by atoms with Gasteiger partial charge in [-0.1, -0.05) is 19.9 Å². The largest absolute Gasteiger partial charge is 0.337 e. The monoisotopic (exact) mass is 335 g/mol. The Bertz CT molecular complexity index is 847. The van der Waals surface area contributed by atoms with Crippen molar-refractivity contribution < 1.29 is 13.2 Å². The maximum Gasteiger partial charge on any atom is 0.274 e. The van der Waals surface area contributed by atoms with Gasteiger partial charge >= 0.3 is 0 Å². The van der Waals surface area contributed by atoms with Gasteiger partial charge in [-0.25, -0.2) is 13.4 Å². The number of imidazole rings is 1. The minimum absolute atomic E-state index is 0.0884. The third-order valence-electron chi connectivity index (χ3n) is 4.21. The highest BCUT2D eigenvalue weighted by atomic mass is 32.2. The van der Waals surface area contributed by atoms with Gasteiger partial charge in [-0.15, -0.1) is 0 Å². The number of sulfone groups is 1. The number of piperidine rings is 1. The standard InChI is InChI=1S/C16H21N3O3S/c1-11-8-12(2)10-18(9-11)15(20)14-13-6-4-5-7-19(13)16(17-14)23(3,21)22/h4-7,11-12H,8-10H2,1-3H3. The first kappa shape index (κ1) is 16.0. The van der Waals surface area contributed by atoms with Crippen LogP contribution in [-0.4, -0.2) is 48.0 Å². The predicted molar refractivity (Wildman–Crippen MR) is 87.2 cm³/mol. The van der Waals surface area contributed by atoms with Crippen molar-refractivity contribution >= 4 is 21.3 Å². The third kappa shape index (κ3) is 2.97. The summed E-state index contributed by atoms with van der Waals surface area (Å²) in [6.07, 6.45) is 3.83. The number of carbonyl (C=O) groups excluding carboxylic acids is 1. The van der Waals surface area contributed by atoms with Gasteiger partial charge in [-0.2, -0.15) is 0 Å². The third-order valence-corrected chi connectivity index (χ3v) is 5.16. The van der Waals surface area contributed by atoms with E-state index in [2.05, 4.69) is 18.8 Å². The molecule has 1 aliphatic heterocycles. The van der Waals surface area contributed by atoms with Crippen molar-refractivity contribution in [2.24, 2.45) is 11.8 Å². The molecule has 0 saturated carbocycles. The van der Waals surface area contributed by atoms with Gasteiger partial charge in [-0.05, 0) is 30.4 Å². The highest BCUT2D eigenvalue weighted by molar-refractivity contribution is 7.90. The van der Waals surface area contributed by atoms with Gasteiger partial charge in [0.05, 0.1) is 5.52 Å². The van der Waals surface area contributed by atoms with Crippen LogP contribution in [0.4, 0.5) is 0 Å². The molecule has 0 aliphatic carbocycles. The molecule has 0 aromatic carbocycles. The molecule has 6 nitrogen and oxygen atoms in total. The van der Waals surface area contributed by atoms with E-state index in [4.69, 9.17) is 0 Å². The van der Waals surface area contributed by atoms with Crippen LogP contribution in [0, 0.1) is 11.8 Å². The van der Waals surface area contributed by atoms with Crippen LogP contribution < -0.4 is 0 Å². The molecule has 23 heavy (non-hydrogen) atoms. The summed E-state index contributed by atoms with van der Waals surface area (Å²) < 4.78 is 25.4. The molecule has 7 heteroatoms. The van der Waals surface area contributed by atoms with Crippen molar-refractivity contribution in [2.45, 2.75) is 25.4 Å². The lowest BCUT2D eigenvalue weighted by molar-refractivity contribution is 0.0619. The van der Waals surface area contributed by atoms with Crippen molar-refractivity contribution in [1.29, 1.82) is 0 Å². The van der Waals surface area contributed by atoms with Gasteiger partial charge in [0.1, 0.15) is 0 Å². The molecule has 2 aromatic heterocycles. The molecule has 0 spiro atoms. The molecule has 0 radical (unpaired) electrons. The summed E-state index contributed by atoms with van der Waals surface area (Å²) >= 11 is 0. The molecule has 3 heterocycles. The molecule has 1 amide bonds. The number of likely N-dealkylation sites (tertiary alicyclic amines) is 1. The zero-order chi connectivity index (χ0) is 16.8. The molecule has 1 saturated heterocycles. The average molecular weight is 335 g/mol. The zero-order valence-corrected chi connectivity index (χ0v) is 14.4. The molecule has 124 valence electrons. The molecule has 2 atom stereocenters. The SMILES string of the molecule is CC1CC(C)CN(C(=O)c2nc(S(C)(=O)=O)n3ccccc23)C1. The number of rotatable bonds is 2. The van der Waals surface area contributed by atoms with Gasteiger partial charge in [-0.3, -0.25) is 9.20 Å². The van der Waals surface area contributed by atoms with Crippen LogP contribution in [-0.2, 0) is 9.84 Å². The predicted octanol–water partition coefficient (Wildman–Crippen LogP) is 1.86. The number of amides is 1. The van der Waals surface area contributed by atoms with E-state index in [0.717, 1.165) is 12.7 Å². The Morgan fingerprint density at radius 2 is 1.87 bits per heavy atom. The van der Waals surface area contributed by atoms with E-state index >= 15 is 0 Å². The summed E-state index contributed by atoms with van der Waals surface area (Å²) in [5.74, 6) is 0.680. The maximum absolute atomic E-state index is 12.9. The fourth-order valence-corrected chi connectivity index (χ4v) is 4.18. The maximum atomic E-state index is 12.9. The molecule has 3 rings (SSSR count). The molecule has 1 fully saturated rings. The van der Waals surface area contributed by atoms with Crippen molar-refractivity contribution in [3.63, 3.8) is 0 Å². The van der Waals surface area contributed by atoms with E-state index in [1.165, 1.54) is 4.40 Å². The number of carbonyl (C=O) groups is 1. The van der Waals surface area contributed by atoms with Crippen LogP contribution >= 0.6 is 0 Å². The van der Waals surface area contributed by atoms with Crippen molar-refractivity contribution in [1.82, 2.24) is 14.3 Å². The van der Waals surface area contributed by atoms with E-state index in [1.54, 1.807) is 29.3 Å². The minimum atomic E-state index is -3.51. The molecular weight excluding hydrogens is 314 g/mol. The number of pyridine rings is 1. The van der Waals surface area contributed by atoms with Crippen LogP contribution in [0.5, 0.6) is 0 Å².